The van der Waals surface area contributed by atoms with Gasteiger partial charge in [-0.05, 0) is 11.6 Å². The summed E-state index contributed by atoms with van der Waals surface area (Å²) in [5.41, 5.74) is 0.132. The fourth-order valence-electron chi connectivity index (χ4n) is 1.57. The number of rotatable bonds is 2. The zero-order valence-electron chi connectivity index (χ0n) is 8.70. The summed E-state index contributed by atoms with van der Waals surface area (Å²) in [5, 5.41) is 9.86. The molecule has 2 rings (SSSR count). The number of hydrogen-bond donors (Lipinski definition) is 1. The summed E-state index contributed by atoms with van der Waals surface area (Å²) in [6.45, 7) is 0. The van der Waals surface area contributed by atoms with Crippen molar-refractivity contribution < 1.29 is 18.3 Å². The van der Waals surface area contributed by atoms with Crippen LogP contribution in [-0.2, 0) is 0 Å². The van der Waals surface area contributed by atoms with E-state index in [1.807, 2.05) is 0 Å². The maximum atomic E-state index is 13.4. The van der Waals surface area contributed by atoms with Crippen LogP contribution in [-0.4, -0.2) is 5.11 Å². The van der Waals surface area contributed by atoms with E-state index in [2.05, 4.69) is 0 Å². The van der Waals surface area contributed by atoms with E-state index in [-0.39, 0.29) is 5.56 Å². The Morgan fingerprint density at radius 3 is 2.12 bits per heavy atom. The van der Waals surface area contributed by atoms with Crippen LogP contribution in [0.5, 0.6) is 0 Å². The molecule has 0 saturated heterocycles. The van der Waals surface area contributed by atoms with Gasteiger partial charge in [-0.1, -0.05) is 36.4 Å². The third-order valence-corrected chi connectivity index (χ3v) is 2.47. The third-order valence-electron chi connectivity index (χ3n) is 2.47. The zero-order chi connectivity index (χ0) is 12.4. The van der Waals surface area contributed by atoms with Gasteiger partial charge in [0.25, 0.3) is 0 Å². The summed E-state index contributed by atoms with van der Waals surface area (Å²) in [4.78, 5) is 0. The van der Waals surface area contributed by atoms with Gasteiger partial charge in [0.15, 0.2) is 17.5 Å². The number of benzene rings is 2. The monoisotopic (exact) mass is 238 g/mol. The normalized spacial score (nSPS) is 12.5. The molecule has 0 aliphatic rings. The molecule has 0 fully saturated rings. The Bertz CT molecular complexity index is 526. The van der Waals surface area contributed by atoms with Gasteiger partial charge in [-0.3, -0.25) is 0 Å². The maximum absolute atomic E-state index is 13.4. The Hall–Kier alpha value is -1.81. The second-order valence-corrected chi connectivity index (χ2v) is 3.58. The standard InChI is InChI=1S/C13H9F3O/c14-10-7-6-9(11(15)12(10)16)13(17)8-4-2-1-3-5-8/h1-7,13,17H. The molecular weight excluding hydrogens is 229 g/mol. The second kappa shape index (κ2) is 4.59. The number of halogens is 3. The number of aliphatic hydroxyl groups is 1. The molecule has 4 heteroatoms. The van der Waals surface area contributed by atoms with Crippen LogP contribution in [0.3, 0.4) is 0 Å². The molecule has 2 aromatic rings. The average molecular weight is 238 g/mol. The van der Waals surface area contributed by atoms with Crippen LogP contribution in [0.2, 0.25) is 0 Å². The first-order valence-electron chi connectivity index (χ1n) is 4.97. The molecule has 2 aromatic carbocycles. The Balaban J connectivity index is 2.45. The van der Waals surface area contributed by atoms with Crippen LogP contribution in [0, 0.1) is 17.5 Å². The van der Waals surface area contributed by atoms with E-state index >= 15 is 0 Å². The van der Waals surface area contributed by atoms with Crippen LogP contribution in [0.1, 0.15) is 17.2 Å². The van der Waals surface area contributed by atoms with Crippen LogP contribution < -0.4 is 0 Å². The molecule has 0 saturated carbocycles. The Morgan fingerprint density at radius 2 is 1.47 bits per heavy atom. The van der Waals surface area contributed by atoms with E-state index < -0.39 is 23.6 Å². The van der Waals surface area contributed by atoms with E-state index in [0.717, 1.165) is 12.1 Å². The maximum Gasteiger partial charge on any atom is 0.194 e. The lowest BCUT2D eigenvalue weighted by Crippen LogP contribution is -2.05. The van der Waals surface area contributed by atoms with Crippen molar-refractivity contribution in [3.05, 3.63) is 71.0 Å². The van der Waals surface area contributed by atoms with Crippen molar-refractivity contribution in [3.63, 3.8) is 0 Å². The zero-order valence-corrected chi connectivity index (χ0v) is 8.70. The fourth-order valence-corrected chi connectivity index (χ4v) is 1.57. The molecular formula is C13H9F3O. The predicted octanol–water partition coefficient (Wildman–Crippen LogP) is 3.19. The lowest BCUT2D eigenvalue weighted by molar-refractivity contribution is 0.212. The molecule has 88 valence electrons. The quantitative estimate of drug-likeness (QED) is 0.796. The summed E-state index contributed by atoms with van der Waals surface area (Å²) in [6, 6.07) is 10.0. The Morgan fingerprint density at radius 1 is 0.824 bits per heavy atom. The van der Waals surface area contributed by atoms with Gasteiger partial charge < -0.3 is 5.11 Å². The van der Waals surface area contributed by atoms with Crippen molar-refractivity contribution in [2.45, 2.75) is 6.10 Å². The molecule has 1 nitrogen and oxygen atoms in total. The summed E-state index contributed by atoms with van der Waals surface area (Å²) in [7, 11) is 0. The topological polar surface area (TPSA) is 20.2 Å². The average Bonchev–Trinajstić information content (AvgIpc) is 2.36. The van der Waals surface area contributed by atoms with Crippen LogP contribution in [0.15, 0.2) is 42.5 Å². The molecule has 0 amide bonds. The molecule has 0 radical (unpaired) electrons. The highest BCUT2D eigenvalue weighted by molar-refractivity contribution is 5.31. The number of hydrogen-bond acceptors (Lipinski definition) is 1. The first-order valence-corrected chi connectivity index (χ1v) is 4.97. The van der Waals surface area contributed by atoms with Gasteiger partial charge in [0.1, 0.15) is 6.10 Å². The smallest absolute Gasteiger partial charge is 0.194 e. The van der Waals surface area contributed by atoms with Crippen molar-refractivity contribution in [3.8, 4) is 0 Å². The minimum absolute atomic E-state index is 0.282. The van der Waals surface area contributed by atoms with Crippen molar-refractivity contribution in [1.29, 1.82) is 0 Å². The molecule has 0 spiro atoms. The van der Waals surface area contributed by atoms with Gasteiger partial charge in [0.05, 0.1) is 0 Å². The van der Waals surface area contributed by atoms with E-state index in [1.54, 1.807) is 30.3 Å². The molecule has 1 atom stereocenters. The molecule has 17 heavy (non-hydrogen) atoms. The van der Waals surface area contributed by atoms with Crippen molar-refractivity contribution in [1.82, 2.24) is 0 Å². The molecule has 1 N–H and O–H groups in total. The third kappa shape index (κ3) is 2.17. The van der Waals surface area contributed by atoms with Gasteiger partial charge in [-0.25, -0.2) is 13.2 Å². The Labute approximate surface area is 96.1 Å². The molecule has 1 unspecified atom stereocenters. The highest BCUT2D eigenvalue weighted by atomic mass is 19.2. The van der Waals surface area contributed by atoms with Crippen molar-refractivity contribution in [2.24, 2.45) is 0 Å². The van der Waals surface area contributed by atoms with Gasteiger partial charge in [-0.2, -0.15) is 0 Å². The van der Waals surface area contributed by atoms with E-state index in [9.17, 15) is 18.3 Å². The summed E-state index contributed by atoms with van der Waals surface area (Å²) >= 11 is 0. The van der Waals surface area contributed by atoms with Crippen molar-refractivity contribution >= 4 is 0 Å². The number of aliphatic hydroxyl groups excluding tert-OH is 1. The predicted molar refractivity (Wildman–Crippen MR) is 56.8 cm³/mol. The summed E-state index contributed by atoms with van der Waals surface area (Å²) in [5.74, 6) is -4.20. The lowest BCUT2D eigenvalue weighted by atomic mass is 10.0. The van der Waals surface area contributed by atoms with Crippen LogP contribution in [0.25, 0.3) is 0 Å². The van der Waals surface area contributed by atoms with E-state index in [4.69, 9.17) is 0 Å². The van der Waals surface area contributed by atoms with E-state index in [0.29, 0.717) is 5.56 Å². The molecule has 0 aromatic heterocycles. The summed E-state index contributed by atoms with van der Waals surface area (Å²) in [6.07, 6.45) is -1.31. The van der Waals surface area contributed by atoms with Crippen LogP contribution in [0.4, 0.5) is 13.2 Å². The minimum atomic E-state index is -1.57. The SMILES string of the molecule is OC(c1ccccc1)c1ccc(F)c(F)c1F. The van der Waals surface area contributed by atoms with Gasteiger partial charge in [0.2, 0.25) is 0 Å². The fraction of sp³-hybridized carbons (Fsp3) is 0.0769. The first kappa shape index (κ1) is 11.7. The largest absolute Gasteiger partial charge is 0.384 e. The Kier molecular flexibility index (Phi) is 3.15. The highest BCUT2D eigenvalue weighted by Gasteiger charge is 2.20. The van der Waals surface area contributed by atoms with Crippen molar-refractivity contribution in [2.75, 3.05) is 0 Å². The molecule has 0 bridgehead atoms. The second-order valence-electron chi connectivity index (χ2n) is 3.58. The highest BCUT2D eigenvalue weighted by Crippen LogP contribution is 2.26. The lowest BCUT2D eigenvalue weighted by Gasteiger charge is -2.12. The summed E-state index contributed by atoms with van der Waals surface area (Å²) < 4.78 is 39.2. The molecule has 0 heterocycles. The molecule has 0 aliphatic carbocycles. The van der Waals surface area contributed by atoms with Gasteiger partial charge >= 0.3 is 0 Å². The minimum Gasteiger partial charge on any atom is -0.384 e. The first-order chi connectivity index (χ1) is 8.11. The van der Waals surface area contributed by atoms with Gasteiger partial charge in [-0.15, -0.1) is 0 Å². The molecule has 0 aliphatic heterocycles. The van der Waals surface area contributed by atoms with Gasteiger partial charge in [0, 0.05) is 5.56 Å². The van der Waals surface area contributed by atoms with E-state index in [1.165, 1.54) is 0 Å². The van der Waals surface area contributed by atoms with Crippen LogP contribution >= 0.6 is 0 Å².